The minimum absolute atomic E-state index is 0.0100. The molecule has 2 fully saturated rings. The second-order valence-electron chi connectivity index (χ2n) is 7.96. The number of hydrogen-bond acceptors (Lipinski definition) is 4. The largest absolute Gasteiger partial charge is 0.466 e. The van der Waals surface area contributed by atoms with Gasteiger partial charge in [-0.05, 0) is 50.3 Å². The average molecular weight is 421 g/mol. The number of likely N-dealkylation sites (tertiary alicyclic amines) is 2. The summed E-state index contributed by atoms with van der Waals surface area (Å²) in [6.45, 7) is 4.25. The molecular weight excluding hydrogens is 392 g/mol. The number of nitrogens with zero attached hydrogens (tertiary/aromatic N) is 2. The van der Waals surface area contributed by atoms with Crippen molar-refractivity contribution in [1.82, 2.24) is 9.80 Å². The molecular formula is C22H29ClN2O4. The van der Waals surface area contributed by atoms with Gasteiger partial charge in [0.25, 0.3) is 0 Å². The third kappa shape index (κ3) is 5.30. The molecule has 2 aliphatic heterocycles. The number of carbonyl (C=O) groups excluding carboxylic acids is 3. The monoisotopic (exact) mass is 420 g/mol. The van der Waals surface area contributed by atoms with Crippen LogP contribution in [0.15, 0.2) is 24.3 Å². The number of halogens is 1. The third-order valence-corrected chi connectivity index (χ3v) is 6.07. The fourth-order valence-corrected chi connectivity index (χ4v) is 4.59. The molecule has 1 aromatic carbocycles. The molecule has 2 amide bonds. The lowest BCUT2D eigenvalue weighted by Crippen LogP contribution is -2.52. The van der Waals surface area contributed by atoms with Gasteiger partial charge in [-0.15, -0.1) is 0 Å². The summed E-state index contributed by atoms with van der Waals surface area (Å²) in [7, 11) is 0. The molecule has 2 saturated heterocycles. The normalized spacial score (nSPS) is 22.1. The van der Waals surface area contributed by atoms with Crippen molar-refractivity contribution in [3.8, 4) is 0 Å². The Labute approximate surface area is 177 Å². The SMILES string of the molecule is CCOC(=O)[C@]1(Cc2cccc(Cl)c2)CCCN(C(=O)CCN2CCCC2=O)C1. The highest BCUT2D eigenvalue weighted by molar-refractivity contribution is 6.30. The van der Waals surface area contributed by atoms with E-state index < -0.39 is 5.41 Å². The third-order valence-electron chi connectivity index (χ3n) is 5.84. The van der Waals surface area contributed by atoms with E-state index in [4.69, 9.17) is 16.3 Å². The Bertz CT molecular complexity index is 769. The lowest BCUT2D eigenvalue weighted by Gasteiger charge is -2.41. The van der Waals surface area contributed by atoms with Crippen molar-refractivity contribution in [2.45, 2.75) is 45.4 Å². The van der Waals surface area contributed by atoms with E-state index in [0.29, 0.717) is 56.9 Å². The Morgan fingerprint density at radius 1 is 1.24 bits per heavy atom. The van der Waals surface area contributed by atoms with Crippen molar-refractivity contribution >= 4 is 29.4 Å². The van der Waals surface area contributed by atoms with Crippen LogP contribution in [-0.2, 0) is 25.5 Å². The fraction of sp³-hybridized carbons (Fsp3) is 0.591. The molecule has 1 atom stereocenters. The van der Waals surface area contributed by atoms with Crippen LogP contribution >= 0.6 is 11.6 Å². The predicted molar refractivity (Wildman–Crippen MR) is 110 cm³/mol. The van der Waals surface area contributed by atoms with E-state index >= 15 is 0 Å². The van der Waals surface area contributed by atoms with E-state index in [1.54, 1.807) is 22.8 Å². The molecule has 0 aliphatic carbocycles. The molecule has 3 rings (SSSR count). The molecule has 0 N–H and O–H groups in total. The second-order valence-corrected chi connectivity index (χ2v) is 8.40. The van der Waals surface area contributed by atoms with Crippen LogP contribution in [0.2, 0.25) is 5.02 Å². The Morgan fingerprint density at radius 2 is 2.07 bits per heavy atom. The van der Waals surface area contributed by atoms with Crippen LogP contribution in [0.5, 0.6) is 0 Å². The molecule has 158 valence electrons. The standard InChI is InChI=1S/C22H29ClN2O4/c1-2-29-21(28)22(15-17-6-3-7-18(23)14-17)10-5-12-25(16-22)20(27)9-13-24-11-4-8-19(24)26/h3,6-7,14H,2,4-5,8-13,15-16H2,1H3/t22-/m0/s1. The summed E-state index contributed by atoms with van der Waals surface area (Å²) in [5, 5.41) is 0.625. The van der Waals surface area contributed by atoms with Crippen molar-refractivity contribution in [2.24, 2.45) is 5.41 Å². The summed E-state index contributed by atoms with van der Waals surface area (Å²) in [6, 6.07) is 7.49. The summed E-state index contributed by atoms with van der Waals surface area (Å²) >= 11 is 6.13. The summed E-state index contributed by atoms with van der Waals surface area (Å²) in [5.74, 6) is -0.144. The lowest BCUT2D eigenvalue weighted by atomic mass is 9.75. The molecule has 2 aliphatic rings. The van der Waals surface area contributed by atoms with Crippen LogP contribution < -0.4 is 0 Å². The fourth-order valence-electron chi connectivity index (χ4n) is 4.38. The van der Waals surface area contributed by atoms with E-state index in [9.17, 15) is 14.4 Å². The van der Waals surface area contributed by atoms with Gasteiger partial charge in [0.1, 0.15) is 0 Å². The number of ether oxygens (including phenoxy) is 1. The van der Waals surface area contributed by atoms with Gasteiger partial charge in [-0.25, -0.2) is 0 Å². The van der Waals surface area contributed by atoms with Crippen LogP contribution in [-0.4, -0.2) is 60.4 Å². The number of esters is 1. The van der Waals surface area contributed by atoms with E-state index in [1.165, 1.54) is 0 Å². The molecule has 7 heteroatoms. The molecule has 0 saturated carbocycles. The molecule has 1 aromatic rings. The number of carbonyl (C=O) groups is 3. The molecule has 6 nitrogen and oxygen atoms in total. The van der Waals surface area contributed by atoms with E-state index in [1.807, 2.05) is 18.2 Å². The smallest absolute Gasteiger partial charge is 0.314 e. The first-order chi connectivity index (χ1) is 13.9. The molecule has 2 heterocycles. The van der Waals surface area contributed by atoms with Crippen LogP contribution in [0.1, 0.15) is 44.6 Å². The van der Waals surface area contributed by atoms with Crippen molar-refractivity contribution in [1.29, 1.82) is 0 Å². The van der Waals surface area contributed by atoms with Crippen LogP contribution in [0.3, 0.4) is 0 Å². The van der Waals surface area contributed by atoms with Gasteiger partial charge in [0.2, 0.25) is 11.8 Å². The Kier molecular flexibility index (Phi) is 7.17. The maximum Gasteiger partial charge on any atom is 0.314 e. The topological polar surface area (TPSA) is 66.9 Å². The van der Waals surface area contributed by atoms with E-state index in [0.717, 1.165) is 24.9 Å². The summed E-state index contributed by atoms with van der Waals surface area (Å²) < 4.78 is 5.41. The first-order valence-corrected chi connectivity index (χ1v) is 10.8. The van der Waals surface area contributed by atoms with Gasteiger partial charge in [0, 0.05) is 44.0 Å². The average Bonchev–Trinajstić information content (AvgIpc) is 3.11. The quantitative estimate of drug-likeness (QED) is 0.636. The van der Waals surface area contributed by atoms with Crippen molar-refractivity contribution in [3.05, 3.63) is 34.9 Å². The van der Waals surface area contributed by atoms with Gasteiger partial charge < -0.3 is 14.5 Å². The number of amides is 2. The van der Waals surface area contributed by atoms with Crippen LogP contribution in [0, 0.1) is 5.41 Å². The zero-order valence-electron chi connectivity index (χ0n) is 17.0. The number of rotatable bonds is 7. The van der Waals surface area contributed by atoms with Gasteiger partial charge >= 0.3 is 5.97 Å². The summed E-state index contributed by atoms with van der Waals surface area (Å²) in [4.78, 5) is 41.1. The van der Waals surface area contributed by atoms with Gasteiger partial charge in [0.15, 0.2) is 0 Å². The number of hydrogen-bond donors (Lipinski definition) is 0. The Balaban J connectivity index is 1.71. The molecule has 0 aromatic heterocycles. The van der Waals surface area contributed by atoms with Gasteiger partial charge in [-0.3, -0.25) is 14.4 Å². The van der Waals surface area contributed by atoms with Crippen LogP contribution in [0.4, 0.5) is 0 Å². The van der Waals surface area contributed by atoms with Gasteiger partial charge in [-0.1, -0.05) is 23.7 Å². The van der Waals surface area contributed by atoms with Crippen molar-refractivity contribution < 1.29 is 19.1 Å². The van der Waals surface area contributed by atoms with Gasteiger partial charge in [-0.2, -0.15) is 0 Å². The molecule has 0 unspecified atom stereocenters. The maximum atomic E-state index is 12.9. The summed E-state index contributed by atoms with van der Waals surface area (Å²) in [5.41, 5.74) is 0.195. The van der Waals surface area contributed by atoms with E-state index in [-0.39, 0.29) is 17.8 Å². The van der Waals surface area contributed by atoms with Crippen LogP contribution in [0.25, 0.3) is 0 Å². The van der Waals surface area contributed by atoms with Crippen molar-refractivity contribution in [3.63, 3.8) is 0 Å². The molecule has 29 heavy (non-hydrogen) atoms. The highest BCUT2D eigenvalue weighted by Crippen LogP contribution is 2.36. The summed E-state index contributed by atoms with van der Waals surface area (Å²) in [6.07, 6.45) is 3.63. The predicted octanol–water partition coefficient (Wildman–Crippen LogP) is 3.07. The minimum Gasteiger partial charge on any atom is -0.466 e. The van der Waals surface area contributed by atoms with E-state index in [2.05, 4.69) is 0 Å². The Hall–Kier alpha value is -2.08. The number of piperidine rings is 1. The first kappa shape index (κ1) is 21.6. The maximum absolute atomic E-state index is 12.9. The van der Waals surface area contributed by atoms with Gasteiger partial charge in [0.05, 0.1) is 12.0 Å². The zero-order valence-corrected chi connectivity index (χ0v) is 17.7. The number of benzene rings is 1. The molecule has 0 spiro atoms. The lowest BCUT2D eigenvalue weighted by molar-refractivity contribution is -0.160. The van der Waals surface area contributed by atoms with Crippen molar-refractivity contribution in [2.75, 3.05) is 32.8 Å². The zero-order chi connectivity index (χ0) is 20.9. The molecule has 0 radical (unpaired) electrons. The minimum atomic E-state index is -0.766. The molecule has 0 bridgehead atoms. The Morgan fingerprint density at radius 3 is 2.76 bits per heavy atom. The first-order valence-electron chi connectivity index (χ1n) is 10.4. The highest BCUT2D eigenvalue weighted by atomic mass is 35.5. The second kappa shape index (κ2) is 9.61. The highest BCUT2D eigenvalue weighted by Gasteiger charge is 2.44.